The van der Waals surface area contributed by atoms with Gasteiger partial charge >= 0.3 is 12.1 Å². The highest BCUT2D eigenvalue weighted by atomic mass is 19.4. The average Bonchev–Trinajstić information content (AvgIpc) is 2.77. The standard InChI is InChI=1S/C15H20F3NO4/c1-14(2,3)23-13(22)10-6-19(7-11(10)15(16,17)18)12(21)8-4-9(20)5-8/h8,10-11H,4-7H2,1-3H3/t10-,11-/m1/s1. The molecule has 1 aliphatic carbocycles. The van der Waals surface area contributed by atoms with Gasteiger partial charge in [-0.1, -0.05) is 0 Å². The third-order valence-electron chi connectivity index (χ3n) is 4.06. The number of alkyl halides is 3. The number of nitrogens with zero attached hydrogens (tertiary/aromatic N) is 1. The Hall–Kier alpha value is -1.60. The quantitative estimate of drug-likeness (QED) is 0.724. The SMILES string of the molecule is CC(C)(C)OC(=O)[C@@H]1CN(C(=O)C2CC(=O)C2)C[C@H]1C(F)(F)F. The lowest BCUT2D eigenvalue weighted by atomic mass is 9.83. The van der Waals surface area contributed by atoms with E-state index in [1.807, 2.05) is 0 Å². The number of ketones is 1. The van der Waals surface area contributed by atoms with Crippen LogP contribution >= 0.6 is 0 Å². The van der Waals surface area contributed by atoms with Gasteiger partial charge in [-0.15, -0.1) is 0 Å². The molecular formula is C15H20F3NO4. The minimum atomic E-state index is -4.59. The summed E-state index contributed by atoms with van der Waals surface area (Å²) in [6.07, 6.45) is -4.45. The predicted octanol–water partition coefficient (Wildman–Crippen LogP) is 1.94. The number of ether oxygens (including phenoxy) is 1. The molecule has 5 nitrogen and oxygen atoms in total. The van der Waals surface area contributed by atoms with Gasteiger partial charge in [-0.2, -0.15) is 13.2 Å². The molecule has 0 aromatic carbocycles. The molecule has 130 valence electrons. The highest BCUT2D eigenvalue weighted by Gasteiger charge is 2.55. The van der Waals surface area contributed by atoms with E-state index in [-0.39, 0.29) is 25.2 Å². The summed E-state index contributed by atoms with van der Waals surface area (Å²) >= 11 is 0. The number of Topliss-reactive ketones (excluding diaryl/α,β-unsaturated/α-hetero) is 1. The van der Waals surface area contributed by atoms with Gasteiger partial charge in [-0.3, -0.25) is 14.4 Å². The minimum Gasteiger partial charge on any atom is -0.460 e. The first kappa shape index (κ1) is 17.7. The molecule has 1 saturated heterocycles. The van der Waals surface area contributed by atoms with Crippen LogP contribution in [-0.4, -0.2) is 47.4 Å². The highest BCUT2D eigenvalue weighted by molar-refractivity contribution is 5.96. The monoisotopic (exact) mass is 335 g/mol. The van der Waals surface area contributed by atoms with Crippen molar-refractivity contribution in [3.05, 3.63) is 0 Å². The smallest absolute Gasteiger partial charge is 0.394 e. The minimum absolute atomic E-state index is 0.0707. The van der Waals surface area contributed by atoms with Gasteiger partial charge in [-0.25, -0.2) is 0 Å². The number of esters is 1. The Morgan fingerprint density at radius 3 is 2.13 bits per heavy atom. The maximum Gasteiger partial charge on any atom is 0.394 e. The number of rotatable bonds is 2. The molecule has 1 amide bonds. The van der Waals surface area contributed by atoms with Crippen LogP contribution in [0.1, 0.15) is 33.6 Å². The van der Waals surface area contributed by atoms with Crippen LogP contribution in [0.25, 0.3) is 0 Å². The fourth-order valence-corrected chi connectivity index (χ4v) is 2.85. The lowest BCUT2D eigenvalue weighted by Gasteiger charge is -2.28. The molecule has 8 heteroatoms. The van der Waals surface area contributed by atoms with Crippen molar-refractivity contribution in [1.82, 2.24) is 4.90 Å². The van der Waals surface area contributed by atoms with Crippen LogP contribution in [-0.2, 0) is 19.1 Å². The molecule has 1 saturated carbocycles. The normalized spacial score (nSPS) is 26.2. The second-order valence-electron chi connectivity index (χ2n) is 7.18. The molecule has 2 atom stereocenters. The van der Waals surface area contributed by atoms with Crippen molar-refractivity contribution in [2.45, 2.75) is 45.4 Å². The Morgan fingerprint density at radius 2 is 1.70 bits per heavy atom. The van der Waals surface area contributed by atoms with Gasteiger partial charge in [0.05, 0.1) is 17.8 Å². The summed E-state index contributed by atoms with van der Waals surface area (Å²) in [7, 11) is 0. The van der Waals surface area contributed by atoms with E-state index in [2.05, 4.69) is 0 Å². The summed E-state index contributed by atoms with van der Waals surface area (Å²) < 4.78 is 44.7. The molecule has 0 aromatic rings. The van der Waals surface area contributed by atoms with Gasteiger partial charge in [0, 0.05) is 25.9 Å². The largest absolute Gasteiger partial charge is 0.460 e. The molecular weight excluding hydrogens is 315 g/mol. The molecule has 0 N–H and O–H groups in total. The van der Waals surface area contributed by atoms with E-state index >= 15 is 0 Å². The molecule has 2 fully saturated rings. The van der Waals surface area contributed by atoms with Crippen LogP contribution in [0.5, 0.6) is 0 Å². The Kier molecular flexibility index (Phi) is 4.47. The van der Waals surface area contributed by atoms with Crippen LogP contribution < -0.4 is 0 Å². The zero-order valence-corrected chi connectivity index (χ0v) is 13.3. The number of amides is 1. The van der Waals surface area contributed by atoms with E-state index in [1.54, 1.807) is 20.8 Å². The van der Waals surface area contributed by atoms with Crippen molar-refractivity contribution in [2.75, 3.05) is 13.1 Å². The van der Waals surface area contributed by atoms with Crippen molar-refractivity contribution in [1.29, 1.82) is 0 Å². The zero-order chi connectivity index (χ0) is 17.6. The summed E-state index contributed by atoms with van der Waals surface area (Å²) in [6, 6.07) is 0. The van der Waals surface area contributed by atoms with Gasteiger partial charge in [0.25, 0.3) is 0 Å². The van der Waals surface area contributed by atoms with E-state index in [0.29, 0.717) is 0 Å². The van der Waals surface area contributed by atoms with E-state index in [1.165, 1.54) is 0 Å². The maximum atomic E-state index is 13.2. The van der Waals surface area contributed by atoms with Gasteiger partial charge in [0.1, 0.15) is 11.4 Å². The van der Waals surface area contributed by atoms with Gasteiger partial charge in [0.15, 0.2) is 0 Å². The predicted molar refractivity (Wildman–Crippen MR) is 73.2 cm³/mol. The van der Waals surface area contributed by atoms with Crippen LogP contribution in [0.2, 0.25) is 0 Å². The molecule has 1 heterocycles. The van der Waals surface area contributed by atoms with E-state index in [4.69, 9.17) is 4.74 Å². The number of hydrogen-bond donors (Lipinski definition) is 0. The molecule has 0 spiro atoms. The first-order chi connectivity index (χ1) is 10.4. The number of halogens is 3. The van der Waals surface area contributed by atoms with Crippen LogP contribution in [0, 0.1) is 17.8 Å². The molecule has 0 bridgehead atoms. The third kappa shape index (κ3) is 4.03. The summed E-state index contributed by atoms with van der Waals surface area (Å²) in [5, 5.41) is 0. The molecule has 0 unspecified atom stereocenters. The Morgan fingerprint density at radius 1 is 1.13 bits per heavy atom. The Bertz CT molecular complexity index is 516. The number of hydrogen-bond acceptors (Lipinski definition) is 4. The molecule has 23 heavy (non-hydrogen) atoms. The van der Waals surface area contributed by atoms with Crippen LogP contribution in [0.3, 0.4) is 0 Å². The molecule has 1 aliphatic heterocycles. The summed E-state index contributed by atoms with van der Waals surface area (Å²) in [5.74, 6) is -5.40. The summed E-state index contributed by atoms with van der Waals surface area (Å²) in [6.45, 7) is 3.85. The van der Waals surface area contributed by atoms with E-state index in [0.717, 1.165) is 4.90 Å². The second-order valence-corrected chi connectivity index (χ2v) is 7.18. The van der Waals surface area contributed by atoms with E-state index < -0.39 is 48.0 Å². The fraction of sp³-hybridized carbons (Fsp3) is 0.800. The second kappa shape index (κ2) is 5.79. The van der Waals surface area contributed by atoms with Crippen molar-refractivity contribution in [2.24, 2.45) is 17.8 Å². The lowest BCUT2D eigenvalue weighted by molar-refractivity contribution is -0.194. The fourth-order valence-electron chi connectivity index (χ4n) is 2.85. The van der Waals surface area contributed by atoms with Gasteiger partial charge in [0.2, 0.25) is 5.91 Å². The number of carbonyl (C=O) groups is 3. The van der Waals surface area contributed by atoms with Crippen LogP contribution in [0.15, 0.2) is 0 Å². The van der Waals surface area contributed by atoms with Crippen molar-refractivity contribution < 1.29 is 32.3 Å². The first-order valence-electron chi connectivity index (χ1n) is 7.48. The Balaban J connectivity index is 2.11. The first-order valence-corrected chi connectivity index (χ1v) is 7.48. The lowest BCUT2D eigenvalue weighted by Crippen LogP contribution is -2.41. The number of carbonyl (C=O) groups excluding carboxylic acids is 3. The molecule has 2 rings (SSSR count). The molecule has 0 radical (unpaired) electrons. The summed E-state index contributed by atoms with van der Waals surface area (Å²) in [4.78, 5) is 36.2. The van der Waals surface area contributed by atoms with Gasteiger partial charge in [-0.05, 0) is 20.8 Å². The number of likely N-dealkylation sites (tertiary alicyclic amines) is 1. The molecule has 2 aliphatic rings. The topological polar surface area (TPSA) is 63.7 Å². The Labute approximate surface area is 132 Å². The highest BCUT2D eigenvalue weighted by Crippen LogP contribution is 2.40. The zero-order valence-electron chi connectivity index (χ0n) is 13.3. The van der Waals surface area contributed by atoms with Gasteiger partial charge < -0.3 is 9.64 Å². The van der Waals surface area contributed by atoms with Crippen LogP contribution in [0.4, 0.5) is 13.2 Å². The average molecular weight is 335 g/mol. The maximum absolute atomic E-state index is 13.2. The molecule has 0 aromatic heterocycles. The van der Waals surface area contributed by atoms with E-state index in [9.17, 15) is 27.6 Å². The van der Waals surface area contributed by atoms with Crippen molar-refractivity contribution >= 4 is 17.7 Å². The third-order valence-corrected chi connectivity index (χ3v) is 4.06. The summed E-state index contributed by atoms with van der Waals surface area (Å²) in [5.41, 5.74) is -0.898. The van der Waals surface area contributed by atoms with Crippen molar-refractivity contribution in [3.8, 4) is 0 Å². The van der Waals surface area contributed by atoms with Crippen molar-refractivity contribution in [3.63, 3.8) is 0 Å².